The molecule has 0 bridgehead atoms. The largest absolute Gasteiger partial charge is 0.376 e. The van der Waals surface area contributed by atoms with Gasteiger partial charge < -0.3 is 15.0 Å². The van der Waals surface area contributed by atoms with Gasteiger partial charge in [-0.05, 0) is 33.1 Å². The second kappa shape index (κ2) is 5.66. The van der Waals surface area contributed by atoms with Crippen LogP contribution in [0.5, 0.6) is 0 Å². The van der Waals surface area contributed by atoms with Crippen molar-refractivity contribution in [3.8, 4) is 0 Å². The van der Waals surface area contributed by atoms with E-state index in [-0.39, 0.29) is 6.10 Å². The van der Waals surface area contributed by atoms with Crippen LogP contribution in [0.2, 0.25) is 0 Å². The molecule has 1 aromatic heterocycles. The number of aryl methyl sites for hydroxylation is 1. The molecule has 5 heteroatoms. The van der Waals surface area contributed by atoms with E-state index in [0.29, 0.717) is 12.1 Å². The summed E-state index contributed by atoms with van der Waals surface area (Å²) in [5.41, 5.74) is 2.27. The van der Waals surface area contributed by atoms with Crippen molar-refractivity contribution in [3.05, 3.63) is 17.5 Å². The van der Waals surface area contributed by atoms with Gasteiger partial charge in [-0.15, -0.1) is 0 Å². The molecule has 3 rings (SSSR count). The first-order valence-electron chi connectivity index (χ1n) is 7.55. The van der Waals surface area contributed by atoms with Gasteiger partial charge >= 0.3 is 0 Å². The Morgan fingerprint density at radius 3 is 2.80 bits per heavy atom. The number of nitrogens with zero attached hydrogens (tertiary/aromatic N) is 3. The summed E-state index contributed by atoms with van der Waals surface area (Å²) in [5.74, 6) is 0.806. The molecule has 2 fully saturated rings. The van der Waals surface area contributed by atoms with Crippen molar-refractivity contribution in [3.63, 3.8) is 0 Å². The highest BCUT2D eigenvalue weighted by Gasteiger charge is 2.29. The zero-order valence-corrected chi connectivity index (χ0v) is 12.6. The molecule has 2 atom stereocenters. The Hall–Kier alpha value is -1.20. The number of aromatic nitrogens is 2. The standard InChI is InChI=1S/C15H24N4O/c1-10-12(8-16-13-4-5-13)9-17-15(18-10)19(3)14-6-7-20-11(14)2/h9,11,13-14,16H,4-8H2,1-3H3. The predicted octanol–water partition coefficient (Wildman–Crippen LogP) is 1.65. The van der Waals surface area contributed by atoms with Crippen molar-refractivity contribution in [2.24, 2.45) is 0 Å². The number of rotatable bonds is 5. The van der Waals surface area contributed by atoms with Gasteiger partial charge in [0.05, 0.1) is 12.1 Å². The highest BCUT2D eigenvalue weighted by Crippen LogP contribution is 2.23. The maximum absolute atomic E-state index is 5.63. The van der Waals surface area contributed by atoms with E-state index >= 15 is 0 Å². The molecule has 0 radical (unpaired) electrons. The average Bonchev–Trinajstić information content (AvgIpc) is 3.17. The molecule has 1 saturated carbocycles. The van der Waals surface area contributed by atoms with Crippen LogP contribution in [0.15, 0.2) is 6.20 Å². The maximum atomic E-state index is 5.63. The fourth-order valence-electron chi connectivity index (χ4n) is 2.74. The molecule has 0 spiro atoms. The van der Waals surface area contributed by atoms with E-state index < -0.39 is 0 Å². The van der Waals surface area contributed by atoms with Crippen molar-refractivity contribution >= 4 is 5.95 Å². The van der Waals surface area contributed by atoms with E-state index in [1.165, 1.54) is 18.4 Å². The van der Waals surface area contributed by atoms with Gasteiger partial charge in [0.15, 0.2) is 0 Å². The Morgan fingerprint density at radius 2 is 2.20 bits per heavy atom. The minimum Gasteiger partial charge on any atom is -0.376 e. The first-order valence-corrected chi connectivity index (χ1v) is 7.55. The van der Waals surface area contributed by atoms with Crippen LogP contribution in [0.1, 0.15) is 37.4 Å². The van der Waals surface area contributed by atoms with Crippen LogP contribution in [0.3, 0.4) is 0 Å². The minimum atomic E-state index is 0.250. The SMILES string of the molecule is Cc1nc(N(C)C2CCOC2C)ncc1CNC1CC1. The highest BCUT2D eigenvalue weighted by atomic mass is 16.5. The predicted molar refractivity (Wildman–Crippen MR) is 78.9 cm³/mol. The molecule has 5 nitrogen and oxygen atoms in total. The summed E-state index contributed by atoms with van der Waals surface area (Å²) in [7, 11) is 2.06. The monoisotopic (exact) mass is 276 g/mol. The van der Waals surface area contributed by atoms with Crippen LogP contribution < -0.4 is 10.2 Å². The molecule has 1 N–H and O–H groups in total. The van der Waals surface area contributed by atoms with E-state index in [4.69, 9.17) is 4.74 Å². The molecule has 20 heavy (non-hydrogen) atoms. The molecule has 1 aliphatic carbocycles. The topological polar surface area (TPSA) is 50.3 Å². The third-order valence-electron chi connectivity index (χ3n) is 4.38. The Bertz CT molecular complexity index is 475. The third-order valence-corrected chi connectivity index (χ3v) is 4.38. The number of hydrogen-bond acceptors (Lipinski definition) is 5. The van der Waals surface area contributed by atoms with Crippen molar-refractivity contribution in [2.45, 2.75) is 57.8 Å². The summed E-state index contributed by atoms with van der Waals surface area (Å²) >= 11 is 0. The Kier molecular flexibility index (Phi) is 3.89. The Balaban J connectivity index is 1.68. The van der Waals surface area contributed by atoms with Gasteiger partial charge in [-0.1, -0.05) is 0 Å². The first kappa shape index (κ1) is 13.8. The molecular formula is C15H24N4O. The van der Waals surface area contributed by atoms with Gasteiger partial charge in [0.25, 0.3) is 0 Å². The summed E-state index contributed by atoms with van der Waals surface area (Å²) in [4.78, 5) is 11.4. The zero-order chi connectivity index (χ0) is 14.1. The van der Waals surface area contributed by atoms with E-state index in [1.807, 2.05) is 6.20 Å². The van der Waals surface area contributed by atoms with E-state index in [9.17, 15) is 0 Å². The lowest BCUT2D eigenvalue weighted by Crippen LogP contribution is -2.38. The van der Waals surface area contributed by atoms with Crippen molar-refractivity contribution in [1.82, 2.24) is 15.3 Å². The molecular weight excluding hydrogens is 252 g/mol. The number of anilines is 1. The first-order chi connectivity index (χ1) is 9.65. The molecule has 1 aliphatic heterocycles. The van der Waals surface area contributed by atoms with E-state index in [1.54, 1.807) is 0 Å². The van der Waals surface area contributed by atoms with Crippen molar-refractivity contribution < 1.29 is 4.74 Å². The smallest absolute Gasteiger partial charge is 0.225 e. The van der Waals surface area contributed by atoms with Gasteiger partial charge in [0, 0.05) is 43.7 Å². The van der Waals surface area contributed by atoms with Gasteiger partial charge in [-0.3, -0.25) is 0 Å². The van der Waals surface area contributed by atoms with E-state index in [2.05, 4.69) is 41.1 Å². The molecule has 110 valence electrons. The number of likely N-dealkylation sites (N-methyl/N-ethyl adjacent to an activating group) is 1. The summed E-state index contributed by atoms with van der Waals surface area (Å²) in [6, 6.07) is 1.10. The molecule has 0 amide bonds. The molecule has 2 unspecified atom stereocenters. The van der Waals surface area contributed by atoms with Crippen LogP contribution in [-0.4, -0.2) is 41.8 Å². The normalized spacial score (nSPS) is 25.9. The molecule has 0 aromatic carbocycles. The maximum Gasteiger partial charge on any atom is 0.225 e. The zero-order valence-electron chi connectivity index (χ0n) is 12.6. The van der Waals surface area contributed by atoms with Crippen LogP contribution in [0.25, 0.3) is 0 Å². The van der Waals surface area contributed by atoms with E-state index in [0.717, 1.165) is 31.2 Å². The summed E-state index contributed by atoms with van der Waals surface area (Å²) in [5, 5.41) is 3.51. The van der Waals surface area contributed by atoms with Crippen LogP contribution in [0, 0.1) is 6.92 Å². The fourth-order valence-corrected chi connectivity index (χ4v) is 2.74. The van der Waals surface area contributed by atoms with Gasteiger partial charge in [0.1, 0.15) is 0 Å². The van der Waals surface area contributed by atoms with Gasteiger partial charge in [-0.25, -0.2) is 9.97 Å². The van der Waals surface area contributed by atoms with Gasteiger partial charge in [0.2, 0.25) is 5.95 Å². The Morgan fingerprint density at radius 1 is 1.40 bits per heavy atom. The average molecular weight is 276 g/mol. The quantitative estimate of drug-likeness (QED) is 0.886. The number of hydrogen-bond donors (Lipinski definition) is 1. The van der Waals surface area contributed by atoms with Gasteiger partial charge in [-0.2, -0.15) is 0 Å². The highest BCUT2D eigenvalue weighted by molar-refractivity contribution is 5.34. The number of nitrogens with one attached hydrogen (secondary N) is 1. The lowest BCUT2D eigenvalue weighted by Gasteiger charge is -2.27. The Labute approximate surface area is 120 Å². The third kappa shape index (κ3) is 2.94. The lowest BCUT2D eigenvalue weighted by molar-refractivity contribution is 0.118. The number of ether oxygens (including phenoxy) is 1. The van der Waals surface area contributed by atoms with Crippen LogP contribution in [-0.2, 0) is 11.3 Å². The second-order valence-corrected chi connectivity index (χ2v) is 5.98. The summed E-state index contributed by atoms with van der Waals surface area (Å²) in [6.07, 6.45) is 5.87. The summed E-state index contributed by atoms with van der Waals surface area (Å²) < 4.78 is 5.63. The fraction of sp³-hybridized carbons (Fsp3) is 0.733. The van der Waals surface area contributed by atoms with Crippen LogP contribution in [0.4, 0.5) is 5.95 Å². The van der Waals surface area contributed by atoms with Crippen molar-refractivity contribution in [2.75, 3.05) is 18.6 Å². The van der Waals surface area contributed by atoms with Crippen molar-refractivity contribution in [1.29, 1.82) is 0 Å². The van der Waals surface area contributed by atoms with Crippen LogP contribution >= 0.6 is 0 Å². The molecule has 1 saturated heterocycles. The molecule has 2 heterocycles. The second-order valence-electron chi connectivity index (χ2n) is 5.98. The summed E-state index contributed by atoms with van der Waals surface area (Å²) in [6.45, 7) is 5.90. The molecule has 2 aliphatic rings. The minimum absolute atomic E-state index is 0.250. The lowest BCUT2D eigenvalue weighted by atomic mass is 10.1. The molecule has 1 aromatic rings.